The van der Waals surface area contributed by atoms with Gasteiger partial charge in [0.1, 0.15) is 0 Å². The van der Waals surface area contributed by atoms with E-state index >= 15 is 0 Å². The molecule has 0 atom stereocenters. The molecule has 34 heavy (non-hydrogen) atoms. The zero-order chi connectivity index (χ0) is 24.8. The highest BCUT2D eigenvalue weighted by atomic mass is 16.5. The molecule has 0 spiro atoms. The van der Waals surface area contributed by atoms with Gasteiger partial charge in [0.2, 0.25) is 5.78 Å². The largest absolute Gasteiger partial charge is 0.493 e. The van der Waals surface area contributed by atoms with Gasteiger partial charge in [-0.1, -0.05) is 6.08 Å². The maximum Gasteiger partial charge on any atom is 0.340 e. The minimum Gasteiger partial charge on any atom is -0.493 e. The molecule has 3 aromatic rings. The van der Waals surface area contributed by atoms with E-state index in [1.165, 1.54) is 38.7 Å². The summed E-state index contributed by atoms with van der Waals surface area (Å²) in [5, 5.41) is 2.61. The van der Waals surface area contributed by atoms with Gasteiger partial charge >= 0.3 is 5.97 Å². The average Bonchev–Trinajstić information content (AvgIpc) is 3.47. The fourth-order valence-electron chi connectivity index (χ4n) is 3.52. The summed E-state index contributed by atoms with van der Waals surface area (Å²) in [7, 11) is 2.84. The molecule has 0 aliphatic carbocycles. The molecule has 9 nitrogen and oxygen atoms in total. The van der Waals surface area contributed by atoms with Crippen LogP contribution in [0, 0.1) is 13.8 Å². The molecule has 1 amide bonds. The molecular weight excluding hydrogens is 440 g/mol. The van der Waals surface area contributed by atoms with E-state index in [1.807, 2.05) is 18.4 Å². The molecule has 1 N–H and O–H groups in total. The van der Waals surface area contributed by atoms with Crippen LogP contribution in [0.3, 0.4) is 0 Å². The number of benzene rings is 1. The number of rotatable bonds is 10. The highest BCUT2D eigenvalue weighted by Gasteiger charge is 2.23. The fraction of sp³-hybridized carbons (Fsp3) is 0.240. The summed E-state index contributed by atoms with van der Waals surface area (Å²) in [4.78, 5) is 38.2. The van der Waals surface area contributed by atoms with Gasteiger partial charge < -0.3 is 28.5 Å². The summed E-state index contributed by atoms with van der Waals surface area (Å²) in [6.07, 6.45) is 3.10. The molecule has 2 aromatic heterocycles. The van der Waals surface area contributed by atoms with E-state index in [0.29, 0.717) is 17.9 Å². The second kappa shape index (κ2) is 10.6. The van der Waals surface area contributed by atoms with Gasteiger partial charge in [0.05, 0.1) is 31.7 Å². The third-order valence-electron chi connectivity index (χ3n) is 5.26. The predicted molar refractivity (Wildman–Crippen MR) is 125 cm³/mol. The van der Waals surface area contributed by atoms with Crippen molar-refractivity contribution in [2.75, 3.05) is 26.1 Å². The van der Waals surface area contributed by atoms with Gasteiger partial charge in [-0.05, 0) is 32.0 Å². The quantitative estimate of drug-likeness (QED) is 0.271. The number of furan rings is 1. The lowest BCUT2D eigenvalue weighted by molar-refractivity contribution is 0.0475. The van der Waals surface area contributed by atoms with Crippen LogP contribution in [0.4, 0.5) is 5.69 Å². The number of carbonyl (C=O) groups is 3. The predicted octanol–water partition coefficient (Wildman–Crippen LogP) is 4.19. The number of amides is 1. The van der Waals surface area contributed by atoms with Gasteiger partial charge in [0.15, 0.2) is 23.9 Å². The number of hydrogen-bond acceptors (Lipinski definition) is 7. The number of esters is 1. The molecule has 3 rings (SSSR count). The van der Waals surface area contributed by atoms with Crippen molar-refractivity contribution in [3.05, 3.63) is 77.5 Å². The minimum atomic E-state index is -0.816. The first-order chi connectivity index (χ1) is 16.3. The lowest BCUT2D eigenvalue weighted by Crippen LogP contribution is -2.18. The average molecular weight is 466 g/mol. The lowest BCUT2D eigenvalue weighted by Gasteiger charge is -2.15. The van der Waals surface area contributed by atoms with E-state index in [9.17, 15) is 14.4 Å². The Morgan fingerprint density at radius 1 is 1.09 bits per heavy atom. The first kappa shape index (κ1) is 24.4. The topological polar surface area (TPSA) is 109 Å². The number of hydrogen-bond donors (Lipinski definition) is 1. The Labute approximate surface area is 196 Å². The maximum absolute atomic E-state index is 12.9. The van der Waals surface area contributed by atoms with Gasteiger partial charge in [-0.2, -0.15) is 0 Å². The van der Waals surface area contributed by atoms with Gasteiger partial charge in [0.25, 0.3) is 5.91 Å². The molecule has 0 saturated carbocycles. The Balaban J connectivity index is 1.84. The first-order valence-electron chi connectivity index (χ1n) is 10.4. The van der Waals surface area contributed by atoms with Gasteiger partial charge in [-0.25, -0.2) is 4.79 Å². The van der Waals surface area contributed by atoms with E-state index in [2.05, 4.69) is 11.9 Å². The van der Waals surface area contributed by atoms with Crippen molar-refractivity contribution in [3.8, 4) is 11.5 Å². The number of methoxy groups -OCH3 is 2. The van der Waals surface area contributed by atoms with Crippen LogP contribution in [0.1, 0.15) is 42.7 Å². The number of allylic oxidation sites excluding steroid dienone is 1. The maximum atomic E-state index is 12.9. The van der Waals surface area contributed by atoms with E-state index in [-0.39, 0.29) is 28.5 Å². The van der Waals surface area contributed by atoms with Crippen LogP contribution in [-0.4, -0.2) is 43.1 Å². The summed E-state index contributed by atoms with van der Waals surface area (Å²) in [5.74, 6) is -1.14. The van der Waals surface area contributed by atoms with Crippen LogP contribution in [-0.2, 0) is 11.3 Å². The molecule has 0 bridgehead atoms. The number of Topliss-reactive ketones (excluding diaryl/α,β-unsaturated/α-hetero) is 1. The molecule has 0 aliphatic heterocycles. The Morgan fingerprint density at radius 2 is 1.79 bits per heavy atom. The zero-order valence-corrected chi connectivity index (χ0v) is 19.5. The standard InChI is InChI=1S/C25H26N2O7/c1-6-9-27-15(2)11-17(16(27)3)20(28)14-34-25(30)18-12-22(31-4)23(32-5)13-19(18)26-24(29)21-8-7-10-33-21/h6-8,10-13H,1,9,14H2,2-5H3,(H,26,29). The van der Waals surface area contributed by atoms with Crippen LogP contribution in [0.15, 0.2) is 53.7 Å². The van der Waals surface area contributed by atoms with Crippen molar-refractivity contribution in [1.82, 2.24) is 4.57 Å². The van der Waals surface area contributed by atoms with Crippen LogP contribution in [0.5, 0.6) is 11.5 Å². The van der Waals surface area contributed by atoms with E-state index in [0.717, 1.165) is 11.4 Å². The van der Waals surface area contributed by atoms with Crippen molar-refractivity contribution >= 4 is 23.3 Å². The van der Waals surface area contributed by atoms with Gasteiger partial charge in [-0.15, -0.1) is 6.58 Å². The highest BCUT2D eigenvalue weighted by Crippen LogP contribution is 2.34. The Bertz CT molecular complexity index is 1220. The molecule has 9 heteroatoms. The van der Waals surface area contributed by atoms with E-state index < -0.39 is 18.5 Å². The number of ether oxygens (including phenoxy) is 3. The first-order valence-corrected chi connectivity index (χ1v) is 10.4. The fourth-order valence-corrected chi connectivity index (χ4v) is 3.52. The van der Waals surface area contributed by atoms with E-state index in [4.69, 9.17) is 18.6 Å². The third kappa shape index (κ3) is 5.03. The number of aromatic nitrogens is 1. The van der Waals surface area contributed by atoms with Crippen molar-refractivity contribution in [3.63, 3.8) is 0 Å². The van der Waals surface area contributed by atoms with Crippen LogP contribution < -0.4 is 14.8 Å². The Kier molecular flexibility index (Phi) is 7.57. The van der Waals surface area contributed by atoms with Crippen molar-refractivity contribution in [1.29, 1.82) is 0 Å². The Morgan fingerprint density at radius 3 is 2.41 bits per heavy atom. The molecule has 178 valence electrons. The molecular formula is C25H26N2O7. The second-order valence-corrected chi connectivity index (χ2v) is 7.37. The third-order valence-corrected chi connectivity index (χ3v) is 5.26. The second-order valence-electron chi connectivity index (χ2n) is 7.37. The van der Waals surface area contributed by atoms with Gasteiger partial charge in [-0.3, -0.25) is 9.59 Å². The van der Waals surface area contributed by atoms with Gasteiger partial charge in [0, 0.05) is 35.6 Å². The van der Waals surface area contributed by atoms with Crippen LogP contribution >= 0.6 is 0 Å². The Hall–Kier alpha value is -4.27. The summed E-state index contributed by atoms with van der Waals surface area (Å²) in [5.41, 5.74) is 2.22. The van der Waals surface area contributed by atoms with Crippen LogP contribution in [0.25, 0.3) is 0 Å². The number of aryl methyl sites for hydroxylation is 1. The number of nitrogens with one attached hydrogen (secondary N) is 1. The smallest absolute Gasteiger partial charge is 0.340 e. The molecule has 2 heterocycles. The van der Waals surface area contributed by atoms with Crippen molar-refractivity contribution in [2.45, 2.75) is 20.4 Å². The SMILES string of the molecule is C=CCn1c(C)cc(C(=O)COC(=O)c2cc(OC)c(OC)cc2NC(=O)c2ccco2)c1C. The summed E-state index contributed by atoms with van der Waals surface area (Å²) in [6, 6.07) is 7.60. The molecule has 0 fully saturated rings. The van der Waals surface area contributed by atoms with E-state index in [1.54, 1.807) is 18.2 Å². The lowest BCUT2D eigenvalue weighted by atomic mass is 10.1. The van der Waals surface area contributed by atoms with Crippen molar-refractivity contribution in [2.24, 2.45) is 0 Å². The number of carbonyl (C=O) groups excluding carboxylic acids is 3. The molecule has 0 unspecified atom stereocenters. The molecule has 0 aliphatic rings. The monoisotopic (exact) mass is 466 g/mol. The summed E-state index contributed by atoms with van der Waals surface area (Å²) in [6.45, 7) is 7.52. The highest BCUT2D eigenvalue weighted by molar-refractivity contribution is 6.08. The normalized spacial score (nSPS) is 10.5. The number of anilines is 1. The minimum absolute atomic E-state index is 0.0116. The molecule has 1 aromatic carbocycles. The molecule has 0 saturated heterocycles. The summed E-state index contributed by atoms with van der Waals surface area (Å²) < 4.78 is 22.9. The zero-order valence-electron chi connectivity index (χ0n) is 19.5. The molecule has 0 radical (unpaired) electrons. The van der Waals surface area contributed by atoms with Crippen molar-refractivity contribution < 1.29 is 33.0 Å². The van der Waals surface area contributed by atoms with Crippen LogP contribution in [0.2, 0.25) is 0 Å². The number of nitrogens with zero attached hydrogens (tertiary/aromatic N) is 1. The summed E-state index contributed by atoms with van der Waals surface area (Å²) >= 11 is 0. The number of ketones is 1.